The summed E-state index contributed by atoms with van der Waals surface area (Å²) in [4.78, 5) is 19.4. The van der Waals surface area contributed by atoms with Gasteiger partial charge in [-0.15, -0.1) is 0 Å². The molecule has 2 aromatic heterocycles. The molecule has 2 heterocycles. The Kier molecular flexibility index (Phi) is 5.62. The summed E-state index contributed by atoms with van der Waals surface area (Å²) < 4.78 is 5.27. The fourth-order valence-corrected chi connectivity index (χ4v) is 1.96. The van der Waals surface area contributed by atoms with Gasteiger partial charge in [-0.1, -0.05) is 5.16 Å². The minimum absolute atomic E-state index is 0.0318. The zero-order chi connectivity index (χ0) is 15.9. The fraction of sp³-hybridized carbons (Fsp3) is 0.400. The van der Waals surface area contributed by atoms with E-state index in [1.165, 1.54) is 0 Å². The highest BCUT2D eigenvalue weighted by molar-refractivity contribution is 5.77. The first-order chi connectivity index (χ1) is 10.6. The highest BCUT2D eigenvalue weighted by Gasteiger charge is 2.15. The smallest absolute Gasteiger partial charge is 0.236 e. The normalized spacial score (nSPS) is 10.9. The van der Waals surface area contributed by atoms with Crippen LogP contribution < -0.4 is 0 Å². The molecule has 0 radical (unpaired) electrons. The van der Waals surface area contributed by atoms with Gasteiger partial charge in [0.1, 0.15) is 5.69 Å². The minimum Gasteiger partial charge on any atom is -0.395 e. The Balaban J connectivity index is 1.93. The number of carbonyl (C=O) groups excluding carboxylic acids is 1. The maximum absolute atomic E-state index is 12.0. The molecular formula is C15H20N4O3. The van der Waals surface area contributed by atoms with E-state index in [2.05, 4.69) is 10.1 Å². The predicted molar refractivity (Wildman–Crippen MR) is 80.8 cm³/mol. The summed E-state index contributed by atoms with van der Waals surface area (Å²) in [5.41, 5.74) is 1.57. The molecule has 7 heteroatoms. The molecule has 0 atom stereocenters. The van der Waals surface area contributed by atoms with E-state index in [-0.39, 0.29) is 19.1 Å². The van der Waals surface area contributed by atoms with Crippen LogP contribution in [-0.4, -0.2) is 64.7 Å². The van der Waals surface area contributed by atoms with Crippen LogP contribution in [0.4, 0.5) is 0 Å². The van der Waals surface area contributed by atoms with Crippen LogP contribution in [0.15, 0.2) is 35.1 Å². The van der Waals surface area contributed by atoms with Crippen molar-refractivity contribution in [3.8, 4) is 11.3 Å². The van der Waals surface area contributed by atoms with Crippen LogP contribution in [0, 0.1) is 0 Å². The van der Waals surface area contributed by atoms with Crippen LogP contribution in [0.5, 0.6) is 0 Å². The zero-order valence-corrected chi connectivity index (χ0v) is 12.8. The molecule has 22 heavy (non-hydrogen) atoms. The first-order valence-corrected chi connectivity index (χ1v) is 6.99. The van der Waals surface area contributed by atoms with E-state index in [9.17, 15) is 4.79 Å². The maximum Gasteiger partial charge on any atom is 0.236 e. The Bertz CT molecular complexity index is 600. The summed E-state index contributed by atoms with van der Waals surface area (Å²) in [6.45, 7) is 1.09. The van der Waals surface area contributed by atoms with E-state index in [1.807, 2.05) is 12.1 Å². The summed E-state index contributed by atoms with van der Waals surface area (Å²) in [5.74, 6) is 0.565. The number of amides is 1. The van der Waals surface area contributed by atoms with Gasteiger partial charge in [-0.2, -0.15) is 0 Å². The van der Waals surface area contributed by atoms with Gasteiger partial charge in [0.2, 0.25) is 5.91 Å². The third kappa shape index (κ3) is 4.37. The van der Waals surface area contributed by atoms with Crippen molar-refractivity contribution in [1.29, 1.82) is 0 Å². The Morgan fingerprint density at radius 2 is 2.23 bits per heavy atom. The van der Waals surface area contributed by atoms with Gasteiger partial charge in [-0.05, 0) is 19.2 Å². The van der Waals surface area contributed by atoms with Crippen LogP contribution in [-0.2, 0) is 11.3 Å². The minimum atomic E-state index is -0.0460. The van der Waals surface area contributed by atoms with Crippen LogP contribution in [0.3, 0.4) is 0 Å². The lowest BCUT2D eigenvalue weighted by Crippen LogP contribution is -2.37. The number of nitrogens with zero attached hydrogens (tertiary/aromatic N) is 4. The average Bonchev–Trinajstić information content (AvgIpc) is 2.96. The number of likely N-dealkylation sites (N-methyl/N-ethyl adjacent to an activating group) is 2. The molecule has 2 aromatic rings. The van der Waals surface area contributed by atoms with E-state index in [4.69, 9.17) is 9.63 Å². The maximum atomic E-state index is 12.0. The first-order valence-electron chi connectivity index (χ1n) is 6.99. The Hall–Kier alpha value is -2.25. The molecule has 0 unspecified atom stereocenters. The van der Waals surface area contributed by atoms with Gasteiger partial charge >= 0.3 is 0 Å². The van der Waals surface area contributed by atoms with E-state index < -0.39 is 0 Å². The number of pyridine rings is 1. The molecule has 0 aliphatic carbocycles. The molecule has 0 spiro atoms. The van der Waals surface area contributed by atoms with Gasteiger partial charge in [0, 0.05) is 37.6 Å². The van der Waals surface area contributed by atoms with Gasteiger partial charge in [-0.25, -0.2) is 0 Å². The molecule has 0 saturated carbocycles. The van der Waals surface area contributed by atoms with Crippen molar-refractivity contribution < 1.29 is 14.4 Å². The van der Waals surface area contributed by atoms with Crippen molar-refractivity contribution in [2.45, 2.75) is 6.54 Å². The second-order valence-corrected chi connectivity index (χ2v) is 5.13. The number of aromatic nitrogens is 2. The monoisotopic (exact) mass is 304 g/mol. The SMILES string of the molecule is CN(CCO)CC(=O)N(C)Cc1cc(-c2cccnc2)no1. The number of aliphatic hydroxyl groups excluding tert-OH is 1. The lowest BCUT2D eigenvalue weighted by Gasteiger charge is -2.20. The van der Waals surface area contributed by atoms with Crippen LogP contribution in [0.25, 0.3) is 11.3 Å². The summed E-state index contributed by atoms with van der Waals surface area (Å²) in [6, 6.07) is 5.53. The summed E-state index contributed by atoms with van der Waals surface area (Å²) in [5, 5.41) is 12.8. The summed E-state index contributed by atoms with van der Waals surface area (Å²) in [6.07, 6.45) is 3.40. The van der Waals surface area contributed by atoms with E-state index >= 15 is 0 Å². The molecular weight excluding hydrogens is 284 g/mol. The Labute approximate surface area is 129 Å². The summed E-state index contributed by atoms with van der Waals surface area (Å²) >= 11 is 0. The average molecular weight is 304 g/mol. The highest BCUT2D eigenvalue weighted by atomic mass is 16.5. The van der Waals surface area contributed by atoms with Crippen molar-refractivity contribution in [3.63, 3.8) is 0 Å². The van der Waals surface area contributed by atoms with Gasteiger partial charge < -0.3 is 14.5 Å². The van der Waals surface area contributed by atoms with Gasteiger partial charge in [0.25, 0.3) is 0 Å². The number of rotatable bonds is 7. The number of hydrogen-bond donors (Lipinski definition) is 1. The largest absolute Gasteiger partial charge is 0.395 e. The molecule has 1 amide bonds. The van der Waals surface area contributed by atoms with Crippen molar-refractivity contribution in [3.05, 3.63) is 36.4 Å². The van der Waals surface area contributed by atoms with Gasteiger partial charge in [-0.3, -0.25) is 14.7 Å². The lowest BCUT2D eigenvalue weighted by atomic mass is 10.2. The fourth-order valence-electron chi connectivity index (χ4n) is 1.96. The van der Waals surface area contributed by atoms with Crippen molar-refractivity contribution >= 4 is 5.91 Å². The molecule has 0 bridgehead atoms. The summed E-state index contributed by atoms with van der Waals surface area (Å²) in [7, 11) is 3.50. The quantitative estimate of drug-likeness (QED) is 0.807. The zero-order valence-electron chi connectivity index (χ0n) is 12.8. The third-order valence-corrected chi connectivity index (χ3v) is 3.22. The van der Waals surface area contributed by atoms with Crippen molar-refractivity contribution in [2.75, 3.05) is 33.8 Å². The molecule has 7 nitrogen and oxygen atoms in total. The topological polar surface area (TPSA) is 82.7 Å². The van der Waals surface area contributed by atoms with E-state index in [0.29, 0.717) is 24.5 Å². The van der Waals surface area contributed by atoms with Crippen molar-refractivity contribution in [1.82, 2.24) is 19.9 Å². The first kappa shape index (κ1) is 16.1. The van der Waals surface area contributed by atoms with E-state index in [0.717, 1.165) is 5.56 Å². The van der Waals surface area contributed by atoms with Gasteiger partial charge in [0.15, 0.2) is 5.76 Å². The number of carbonyl (C=O) groups is 1. The predicted octanol–water partition coefficient (Wildman–Crippen LogP) is 0.619. The second-order valence-electron chi connectivity index (χ2n) is 5.13. The van der Waals surface area contributed by atoms with Gasteiger partial charge in [0.05, 0.1) is 19.7 Å². The number of hydrogen-bond acceptors (Lipinski definition) is 6. The lowest BCUT2D eigenvalue weighted by molar-refractivity contribution is -0.131. The highest BCUT2D eigenvalue weighted by Crippen LogP contribution is 2.18. The second kappa shape index (κ2) is 7.67. The number of aliphatic hydroxyl groups is 1. The molecule has 0 aromatic carbocycles. The van der Waals surface area contributed by atoms with Crippen LogP contribution in [0.1, 0.15) is 5.76 Å². The molecule has 1 N–H and O–H groups in total. The van der Waals surface area contributed by atoms with Crippen LogP contribution in [0.2, 0.25) is 0 Å². The molecule has 118 valence electrons. The Morgan fingerprint density at radius 1 is 1.41 bits per heavy atom. The Morgan fingerprint density at radius 3 is 2.91 bits per heavy atom. The van der Waals surface area contributed by atoms with Crippen molar-refractivity contribution in [2.24, 2.45) is 0 Å². The molecule has 2 rings (SSSR count). The molecule has 0 fully saturated rings. The van der Waals surface area contributed by atoms with Crippen LogP contribution >= 0.6 is 0 Å². The van der Waals surface area contributed by atoms with E-state index in [1.54, 1.807) is 42.4 Å². The molecule has 0 aliphatic rings. The molecule has 0 saturated heterocycles. The third-order valence-electron chi connectivity index (χ3n) is 3.22. The molecule has 0 aliphatic heterocycles. The standard InChI is InChI=1S/C15H20N4O3/c1-18(6-7-20)11-15(21)19(2)10-13-8-14(17-22-13)12-4-3-5-16-9-12/h3-5,8-9,20H,6-7,10-11H2,1-2H3.